The van der Waals surface area contributed by atoms with Crippen LogP contribution >= 0.6 is 0 Å². The van der Waals surface area contributed by atoms with E-state index in [1.54, 1.807) is 6.08 Å². The maximum absolute atomic E-state index is 13.3. The Bertz CT molecular complexity index is 1570. The predicted molar refractivity (Wildman–Crippen MR) is 296 cm³/mol. The highest BCUT2D eigenvalue weighted by molar-refractivity contribution is 5.76. The van der Waals surface area contributed by atoms with Crippen LogP contribution in [0.5, 0.6) is 0 Å². The van der Waals surface area contributed by atoms with Crippen molar-refractivity contribution in [2.24, 2.45) is 0 Å². The number of ether oxygens (including phenoxy) is 6. The number of hydrogen-bond acceptors (Lipinski definition) is 18. The number of amides is 1. The smallest absolute Gasteiger partial charge is 0.220 e. The Labute approximate surface area is 466 Å². The highest BCUT2D eigenvalue weighted by Crippen LogP contribution is 2.33. The lowest BCUT2D eigenvalue weighted by Crippen LogP contribution is -2.66. The van der Waals surface area contributed by atoms with Crippen molar-refractivity contribution in [3.8, 4) is 0 Å². The minimum atomic E-state index is -1.98. The largest absolute Gasteiger partial charge is 0.394 e. The number of nitrogens with one attached hydrogen (secondary N) is 1. The van der Waals surface area contributed by atoms with E-state index in [-0.39, 0.29) is 18.9 Å². The topological polar surface area (TPSA) is 307 Å². The fourth-order valence-corrected chi connectivity index (χ4v) is 10.2. The maximum atomic E-state index is 13.3. The average Bonchev–Trinajstić information content (AvgIpc) is 3.47. The van der Waals surface area contributed by atoms with Crippen molar-refractivity contribution in [2.75, 3.05) is 26.4 Å². The van der Waals surface area contributed by atoms with E-state index >= 15 is 0 Å². The first-order chi connectivity index (χ1) is 37.8. The van der Waals surface area contributed by atoms with Crippen LogP contribution in [0.4, 0.5) is 0 Å². The molecule has 78 heavy (non-hydrogen) atoms. The van der Waals surface area contributed by atoms with E-state index in [1.807, 2.05) is 6.08 Å². The van der Waals surface area contributed by atoms with E-state index < -0.39 is 124 Å². The molecule has 3 rings (SSSR count). The van der Waals surface area contributed by atoms with Crippen LogP contribution in [-0.4, -0.2) is 193 Å². The summed E-state index contributed by atoms with van der Waals surface area (Å²) < 4.78 is 34.2. The molecule has 0 aliphatic carbocycles. The zero-order valence-corrected chi connectivity index (χ0v) is 47.4. The number of hydrogen-bond donors (Lipinski definition) is 12. The summed E-state index contributed by atoms with van der Waals surface area (Å²) in [7, 11) is 0. The molecule has 3 saturated heterocycles. The van der Waals surface area contributed by atoms with Crippen LogP contribution in [0.2, 0.25) is 0 Å². The highest BCUT2D eigenvalue weighted by atomic mass is 16.8. The second kappa shape index (κ2) is 42.8. The van der Waals surface area contributed by atoms with Crippen molar-refractivity contribution in [2.45, 2.75) is 304 Å². The Morgan fingerprint density at radius 3 is 1.32 bits per heavy atom. The van der Waals surface area contributed by atoms with Crippen LogP contribution in [0, 0.1) is 0 Å². The van der Waals surface area contributed by atoms with E-state index in [1.165, 1.54) is 103 Å². The Morgan fingerprint density at radius 1 is 0.462 bits per heavy atom. The third-order valence-electron chi connectivity index (χ3n) is 15.2. The Balaban J connectivity index is 1.52. The van der Waals surface area contributed by atoms with Crippen LogP contribution in [-0.2, 0) is 33.2 Å². The summed E-state index contributed by atoms with van der Waals surface area (Å²) in [5, 5.41) is 120. The van der Waals surface area contributed by atoms with Gasteiger partial charge in [-0.05, 0) is 51.4 Å². The monoisotopic (exact) mass is 1120 g/mol. The molecule has 0 saturated carbocycles. The van der Waals surface area contributed by atoms with E-state index in [4.69, 9.17) is 28.4 Å². The van der Waals surface area contributed by atoms with Gasteiger partial charge in [-0.2, -0.15) is 0 Å². The Kier molecular flexibility index (Phi) is 38.5. The molecule has 456 valence electrons. The highest BCUT2D eigenvalue weighted by Gasteiger charge is 2.53. The summed E-state index contributed by atoms with van der Waals surface area (Å²) in [6.45, 7) is 1.69. The van der Waals surface area contributed by atoms with Gasteiger partial charge in [0, 0.05) is 6.42 Å². The minimum absolute atomic E-state index is 0.227. The molecule has 3 aliphatic heterocycles. The first-order valence-electron chi connectivity index (χ1n) is 30.2. The molecule has 1 amide bonds. The van der Waals surface area contributed by atoms with Crippen LogP contribution in [0.25, 0.3) is 0 Å². The number of unbranched alkanes of at least 4 members (excludes halogenated alkanes) is 24. The summed E-state index contributed by atoms with van der Waals surface area (Å²) in [5.41, 5.74) is 0. The van der Waals surface area contributed by atoms with Gasteiger partial charge >= 0.3 is 0 Å². The van der Waals surface area contributed by atoms with Crippen LogP contribution in [0.1, 0.15) is 200 Å². The standard InChI is InChI=1S/C59H107NO18/c1-3-5-7-9-11-13-15-17-19-21-22-24-26-28-30-32-34-36-43(64)42(60-47(65)37-35-33-31-29-27-25-23-20-18-16-14-12-10-8-6-4-2)41-73-57-53(71)50(68)55(45(39-62)75-57)78-59-54(72)51(69)56(46(40-63)76-59)77-58-52(70)49(67)48(66)44(38-61)74-58/h14,16,20,23,34,36,42-46,48-59,61-64,66-72H,3-13,15,17-19,21-22,24-33,35,37-41H2,1-2H3,(H,60,65)/b16-14-,23-20-,36-34+. The van der Waals surface area contributed by atoms with Gasteiger partial charge in [0.25, 0.3) is 0 Å². The fourth-order valence-electron chi connectivity index (χ4n) is 10.2. The SMILES string of the molecule is CCCCCC/C=C\C/C=C\CCCCCCCC(=O)NC(COC1OC(CO)C(OC2OC(CO)C(OC3OC(CO)C(O)C(O)C3O)C(O)C2O)C(O)C1O)C(O)/C=C/CCCCCCCCCCCCCCCCC. The second-order valence-corrected chi connectivity index (χ2v) is 21.8. The molecule has 0 aromatic carbocycles. The first-order valence-corrected chi connectivity index (χ1v) is 30.2. The molecule has 0 radical (unpaired) electrons. The van der Waals surface area contributed by atoms with Crippen molar-refractivity contribution in [1.29, 1.82) is 0 Å². The van der Waals surface area contributed by atoms with Gasteiger partial charge in [0.15, 0.2) is 18.9 Å². The van der Waals surface area contributed by atoms with Crippen LogP contribution < -0.4 is 5.32 Å². The molecule has 12 N–H and O–H groups in total. The molecule has 3 heterocycles. The Morgan fingerprint density at radius 2 is 0.846 bits per heavy atom. The average molecular weight is 1120 g/mol. The zero-order valence-electron chi connectivity index (χ0n) is 47.4. The summed E-state index contributed by atoms with van der Waals surface area (Å²) in [4.78, 5) is 13.3. The normalized spacial score (nSPS) is 30.7. The molecule has 17 unspecified atom stereocenters. The van der Waals surface area contributed by atoms with E-state index in [2.05, 4.69) is 43.5 Å². The van der Waals surface area contributed by atoms with Crippen LogP contribution in [0.3, 0.4) is 0 Å². The molecule has 17 atom stereocenters. The van der Waals surface area contributed by atoms with Gasteiger partial charge < -0.3 is 89.9 Å². The van der Waals surface area contributed by atoms with Crippen molar-refractivity contribution in [1.82, 2.24) is 5.32 Å². The summed E-state index contributed by atoms with van der Waals surface area (Å²) in [5.74, 6) is -0.290. The van der Waals surface area contributed by atoms with E-state index in [0.29, 0.717) is 6.42 Å². The molecule has 0 aromatic heterocycles. The van der Waals surface area contributed by atoms with Crippen molar-refractivity contribution in [3.05, 3.63) is 36.5 Å². The van der Waals surface area contributed by atoms with E-state index in [0.717, 1.165) is 70.6 Å². The van der Waals surface area contributed by atoms with Gasteiger partial charge in [0.05, 0.1) is 38.6 Å². The Hall–Kier alpha value is -1.99. The molecular formula is C59H107NO18. The number of aliphatic hydroxyl groups is 11. The molecule has 0 aromatic rings. The number of aliphatic hydroxyl groups excluding tert-OH is 11. The zero-order chi connectivity index (χ0) is 56.9. The van der Waals surface area contributed by atoms with E-state index in [9.17, 15) is 61.0 Å². The lowest BCUT2D eigenvalue weighted by atomic mass is 9.96. The molecular weight excluding hydrogens is 1010 g/mol. The number of allylic oxidation sites excluding steroid dienone is 5. The summed E-state index contributed by atoms with van der Waals surface area (Å²) in [6.07, 6.45) is 18.3. The van der Waals surface area contributed by atoms with Gasteiger partial charge in [0.2, 0.25) is 5.91 Å². The van der Waals surface area contributed by atoms with Gasteiger partial charge in [-0.15, -0.1) is 0 Å². The maximum Gasteiger partial charge on any atom is 0.220 e. The number of rotatable bonds is 44. The first kappa shape index (κ1) is 70.3. The molecule has 0 bridgehead atoms. The van der Waals surface area contributed by atoms with Crippen molar-refractivity contribution < 1.29 is 89.4 Å². The van der Waals surface area contributed by atoms with Crippen molar-refractivity contribution >= 4 is 5.91 Å². The van der Waals surface area contributed by atoms with Gasteiger partial charge in [-0.1, -0.05) is 179 Å². The molecule has 0 spiro atoms. The lowest BCUT2D eigenvalue weighted by molar-refractivity contribution is -0.379. The van der Waals surface area contributed by atoms with Crippen LogP contribution in [0.15, 0.2) is 36.5 Å². The third-order valence-corrected chi connectivity index (χ3v) is 15.2. The molecule has 3 aliphatic rings. The molecule has 3 fully saturated rings. The number of carbonyl (C=O) groups excluding carboxylic acids is 1. The lowest BCUT2D eigenvalue weighted by Gasteiger charge is -2.48. The van der Waals surface area contributed by atoms with Crippen molar-refractivity contribution in [3.63, 3.8) is 0 Å². The number of carbonyl (C=O) groups is 1. The fraction of sp³-hybridized carbons (Fsp3) is 0.881. The summed E-state index contributed by atoms with van der Waals surface area (Å²) in [6, 6.07) is -0.979. The summed E-state index contributed by atoms with van der Waals surface area (Å²) >= 11 is 0. The predicted octanol–water partition coefficient (Wildman–Crippen LogP) is 5.32. The van der Waals surface area contributed by atoms with Gasteiger partial charge in [-0.25, -0.2) is 0 Å². The molecule has 19 nitrogen and oxygen atoms in total. The van der Waals surface area contributed by atoms with Gasteiger partial charge in [0.1, 0.15) is 73.2 Å². The minimum Gasteiger partial charge on any atom is -0.394 e. The third kappa shape index (κ3) is 26.5. The second-order valence-electron chi connectivity index (χ2n) is 21.8. The molecule has 19 heteroatoms. The van der Waals surface area contributed by atoms with Gasteiger partial charge in [-0.3, -0.25) is 4.79 Å². The quantitative estimate of drug-likeness (QED) is 0.0271.